The number of hydrogen-bond acceptors (Lipinski definition) is 1. The van der Waals surface area contributed by atoms with Gasteiger partial charge >= 0.3 is 0 Å². The minimum Gasteiger partial charge on any atom is -0.348 e. The Bertz CT molecular complexity index is 232. The average molecular weight is 154 g/mol. The lowest BCUT2D eigenvalue weighted by atomic mass is 10.3. The van der Waals surface area contributed by atoms with Crippen molar-refractivity contribution in [3.05, 3.63) is 17.7 Å². The van der Waals surface area contributed by atoms with Crippen LogP contribution in [0.5, 0.6) is 0 Å². The largest absolute Gasteiger partial charge is 0.348 e. The fourth-order valence-corrected chi connectivity index (χ4v) is 0.996. The van der Waals surface area contributed by atoms with E-state index in [1.165, 1.54) is 5.69 Å². The second-order valence-electron chi connectivity index (χ2n) is 3.92. The van der Waals surface area contributed by atoms with Crippen molar-refractivity contribution in [1.82, 2.24) is 9.97 Å². The molecular weight excluding hydrogens is 138 g/mol. The summed E-state index contributed by atoms with van der Waals surface area (Å²) in [6, 6.07) is 0. The van der Waals surface area contributed by atoms with Crippen LogP contribution in [-0.4, -0.2) is 35.6 Å². The minimum atomic E-state index is 0.922. The fraction of sp³-hybridized carbons (Fsp3) is 0.625. The molecule has 3 nitrogen and oxygen atoms in total. The van der Waals surface area contributed by atoms with E-state index in [-0.39, 0.29) is 0 Å². The van der Waals surface area contributed by atoms with E-state index in [1.807, 2.05) is 0 Å². The Labute approximate surface area is 67.7 Å². The number of quaternary nitrogens is 1. The Morgan fingerprint density at radius 2 is 2.09 bits per heavy atom. The first-order chi connectivity index (χ1) is 4.99. The third kappa shape index (κ3) is 2.35. The zero-order valence-corrected chi connectivity index (χ0v) is 7.68. The van der Waals surface area contributed by atoms with Crippen molar-refractivity contribution in [3.63, 3.8) is 0 Å². The highest BCUT2D eigenvalue weighted by Gasteiger charge is 2.11. The van der Waals surface area contributed by atoms with Crippen LogP contribution >= 0.6 is 0 Å². The summed E-state index contributed by atoms with van der Waals surface area (Å²) in [6.07, 6.45) is 1.75. The van der Waals surface area contributed by atoms with Gasteiger partial charge in [-0.1, -0.05) is 0 Å². The molecule has 0 aliphatic carbocycles. The van der Waals surface area contributed by atoms with E-state index in [9.17, 15) is 0 Å². The first kappa shape index (κ1) is 8.27. The van der Waals surface area contributed by atoms with Crippen LogP contribution in [0.3, 0.4) is 0 Å². The molecule has 1 rings (SSSR count). The predicted molar refractivity (Wildman–Crippen MR) is 45.1 cm³/mol. The Morgan fingerprint density at radius 3 is 2.45 bits per heavy atom. The maximum atomic E-state index is 4.23. The van der Waals surface area contributed by atoms with Gasteiger partial charge < -0.3 is 9.47 Å². The molecule has 0 radical (unpaired) electrons. The molecule has 1 aromatic heterocycles. The maximum Gasteiger partial charge on any atom is 0.123 e. The molecule has 0 atom stereocenters. The number of H-pyrrole nitrogens is 1. The Kier molecular flexibility index (Phi) is 2.00. The van der Waals surface area contributed by atoms with Gasteiger partial charge in [0.25, 0.3) is 0 Å². The maximum absolute atomic E-state index is 4.23. The molecule has 3 heteroatoms. The quantitative estimate of drug-likeness (QED) is 0.631. The Morgan fingerprint density at radius 1 is 1.45 bits per heavy atom. The molecule has 0 amide bonds. The molecule has 0 aromatic carbocycles. The summed E-state index contributed by atoms with van der Waals surface area (Å²) in [6.45, 7) is 3.04. The van der Waals surface area contributed by atoms with E-state index >= 15 is 0 Å². The lowest BCUT2D eigenvalue weighted by Gasteiger charge is -2.22. The molecule has 62 valence electrons. The van der Waals surface area contributed by atoms with Crippen molar-refractivity contribution in [2.24, 2.45) is 0 Å². The molecule has 1 aromatic rings. The molecule has 0 spiro atoms. The topological polar surface area (TPSA) is 28.7 Å². The van der Waals surface area contributed by atoms with Gasteiger partial charge in [-0.25, -0.2) is 4.98 Å². The number of imidazole rings is 1. The van der Waals surface area contributed by atoms with Gasteiger partial charge in [0.05, 0.1) is 27.5 Å². The zero-order chi connectivity index (χ0) is 8.48. The van der Waals surface area contributed by atoms with Crippen molar-refractivity contribution >= 4 is 0 Å². The summed E-state index contributed by atoms with van der Waals surface area (Å²) in [5.74, 6) is 0. The highest BCUT2D eigenvalue weighted by molar-refractivity contribution is 5.06. The van der Waals surface area contributed by atoms with Crippen LogP contribution in [-0.2, 0) is 6.54 Å². The zero-order valence-electron chi connectivity index (χ0n) is 7.68. The monoisotopic (exact) mass is 154 g/mol. The smallest absolute Gasteiger partial charge is 0.123 e. The molecule has 0 unspecified atom stereocenters. The van der Waals surface area contributed by atoms with E-state index < -0.39 is 0 Å². The predicted octanol–water partition coefficient (Wildman–Crippen LogP) is 0.924. The van der Waals surface area contributed by atoms with Crippen LogP contribution in [0.4, 0.5) is 0 Å². The van der Waals surface area contributed by atoms with Crippen LogP contribution in [0.25, 0.3) is 0 Å². The molecule has 0 aliphatic rings. The lowest BCUT2D eigenvalue weighted by Crippen LogP contribution is -2.33. The highest BCUT2D eigenvalue weighted by Crippen LogP contribution is 2.06. The number of hydrogen-bond donors (Lipinski definition) is 1. The van der Waals surface area contributed by atoms with E-state index in [0.29, 0.717) is 0 Å². The van der Waals surface area contributed by atoms with Gasteiger partial charge in [0.2, 0.25) is 0 Å². The Hall–Kier alpha value is -0.830. The first-order valence-electron chi connectivity index (χ1n) is 3.78. The minimum absolute atomic E-state index is 0.922. The van der Waals surface area contributed by atoms with Crippen LogP contribution in [0.2, 0.25) is 0 Å². The number of aromatic nitrogens is 2. The standard InChI is InChI=1S/C8H16N3/c1-7-8(10-6-9-7)5-11(2,3)4/h6H,5H2,1-4H3,(H,9,10)/q+1. The molecule has 0 aliphatic heterocycles. The second-order valence-corrected chi connectivity index (χ2v) is 3.92. The molecule has 0 saturated heterocycles. The molecule has 0 saturated carbocycles. The molecular formula is C8H16N3+. The third-order valence-corrected chi connectivity index (χ3v) is 1.56. The number of rotatable bonds is 2. The normalized spacial score (nSPS) is 12.0. The number of aromatic amines is 1. The van der Waals surface area contributed by atoms with Crippen LogP contribution in [0.1, 0.15) is 11.4 Å². The molecule has 11 heavy (non-hydrogen) atoms. The number of aryl methyl sites for hydroxylation is 1. The molecule has 1 heterocycles. The first-order valence-corrected chi connectivity index (χ1v) is 3.78. The summed E-state index contributed by atoms with van der Waals surface area (Å²) >= 11 is 0. The van der Waals surface area contributed by atoms with Gasteiger partial charge in [0, 0.05) is 5.69 Å². The summed E-state index contributed by atoms with van der Waals surface area (Å²) in [5, 5.41) is 0. The van der Waals surface area contributed by atoms with Gasteiger partial charge in [-0.2, -0.15) is 0 Å². The van der Waals surface area contributed by atoms with Gasteiger partial charge in [0.1, 0.15) is 12.2 Å². The molecule has 0 bridgehead atoms. The summed E-state index contributed by atoms with van der Waals surface area (Å²) in [5.41, 5.74) is 2.34. The Balaban J connectivity index is 2.72. The van der Waals surface area contributed by atoms with Gasteiger partial charge in [0.15, 0.2) is 0 Å². The van der Waals surface area contributed by atoms with Crippen LogP contribution in [0, 0.1) is 6.92 Å². The highest BCUT2D eigenvalue weighted by atomic mass is 15.3. The van der Waals surface area contributed by atoms with Crippen molar-refractivity contribution < 1.29 is 4.48 Å². The van der Waals surface area contributed by atoms with Gasteiger partial charge in [-0.3, -0.25) is 0 Å². The van der Waals surface area contributed by atoms with Crippen LogP contribution in [0.15, 0.2) is 6.33 Å². The van der Waals surface area contributed by atoms with Crippen molar-refractivity contribution in [1.29, 1.82) is 0 Å². The number of nitrogens with one attached hydrogen (secondary N) is 1. The van der Waals surface area contributed by atoms with Crippen molar-refractivity contribution in [3.8, 4) is 0 Å². The third-order valence-electron chi connectivity index (χ3n) is 1.56. The molecule has 1 N–H and O–H groups in total. The summed E-state index contributed by atoms with van der Waals surface area (Å²) < 4.78 is 0.922. The van der Waals surface area contributed by atoms with Crippen molar-refractivity contribution in [2.45, 2.75) is 13.5 Å². The number of nitrogens with zero attached hydrogens (tertiary/aromatic N) is 2. The summed E-state index contributed by atoms with van der Waals surface area (Å²) in [7, 11) is 6.48. The van der Waals surface area contributed by atoms with E-state index in [2.05, 4.69) is 38.0 Å². The average Bonchev–Trinajstić information content (AvgIpc) is 2.12. The SMILES string of the molecule is Cc1[nH]cnc1C[N+](C)(C)C. The van der Waals surface area contributed by atoms with Gasteiger partial charge in [-0.15, -0.1) is 0 Å². The fourth-order valence-electron chi connectivity index (χ4n) is 0.996. The van der Waals surface area contributed by atoms with E-state index in [4.69, 9.17) is 0 Å². The lowest BCUT2D eigenvalue weighted by molar-refractivity contribution is -0.884. The molecule has 0 fully saturated rings. The van der Waals surface area contributed by atoms with Gasteiger partial charge in [-0.05, 0) is 6.92 Å². The van der Waals surface area contributed by atoms with Crippen molar-refractivity contribution in [2.75, 3.05) is 21.1 Å². The second kappa shape index (κ2) is 2.66. The summed E-state index contributed by atoms with van der Waals surface area (Å²) in [4.78, 5) is 7.30. The van der Waals surface area contributed by atoms with E-state index in [1.54, 1.807) is 6.33 Å². The van der Waals surface area contributed by atoms with Crippen LogP contribution < -0.4 is 0 Å². The van der Waals surface area contributed by atoms with E-state index in [0.717, 1.165) is 16.7 Å².